The van der Waals surface area contributed by atoms with Crippen LogP contribution in [0, 0.1) is 0 Å². The quantitative estimate of drug-likeness (QED) is 0.841. The zero-order valence-electron chi connectivity index (χ0n) is 11.7. The highest BCUT2D eigenvalue weighted by molar-refractivity contribution is 5.79. The summed E-state index contributed by atoms with van der Waals surface area (Å²) in [7, 11) is 1.65. The standard InChI is InChI=1S/C15H21NO3/c1-4-15(2,10-17)16-9-13-8-11-7-12(18-3)5-6-14(11)19-13/h5-8,16-17H,4,9-10H2,1-3H3. The van der Waals surface area contributed by atoms with Gasteiger partial charge in [-0.15, -0.1) is 0 Å². The summed E-state index contributed by atoms with van der Waals surface area (Å²) in [4.78, 5) is 0. The van der Waals surface area contributed by atoms with Crippen molar-refractivity contribution in [1.82, 2.24) is 5.32 Å². The van der Waals surface area contributed by atoms with Crippen LogP contribution in [0.25, 0.3) is 11.0 Å². The van der Waals surface area contributed by atoms with Gasteiger partial charge in [-0.05, 0) is 37.6 Å². The second kappa shape index (κ2) is 5.63. The van der Waals surface area contributed by atoms with E-state index in [4.69, 9.17) is 9.15 Å². The molecule has 2 N–H and O–H groups in total. The summed E-state index contributed by atoms with van der Waals surface area (Å²) in [6, 6.07) is 7.74. The molecular weight excluding hydrogens is 242 g/mol. The molecule has 1 atom stereocenters. The third-order valence-corrected chi connectivity index (χ3v) is 3.59. The summed E-state index contributed by atoms with van der Waals surface area (Å²) in [5.74, 6) is 1.68. The Morgan fingerprint density at radius 1 is 1.37 bits per heavy atom. The summed E-state index contributed by atoms with van der Waals surface area (Å²) in [6.45, 7) is 4.75. The first-order valence-corrected chi connectivity index (χ1v) is 6.52. The number of methoxy groups -OCH3 is 1. The maximum atomic E-state index is 9.36. The number of ether oxygens (including phenoxy) is 1. The second-order valence-electron chi connectivity index (χ2n) is 5.04. The monoisotopic (exact) mass is 263 g/mol. The van der Waals surface area contributed by atoms with E-state index < -0.39 is 0 Å². The number of aliphatic hydroxyl groups is 1. The van der Waals surface area contributed by atoms with Crippen LogP contribution in [0.2, 0.25) is 0 Å². The van der Waals surface area contributed by atoms with E-state index >= 15 is 0 Å². The highest BCUT2D eigenvalue weighted by Crippen LogP contribution is 2.24. The molecule has 4 nitrogen and oxygen atoms in total. The summed E-state index contributed by atoms with van der Waals surface area (Å²) < 4.78 is 10.9. The highest BCUT2D eigenvalue weighted by atomic mass is 16.5. The number of nitrogens with one attached hydrogen (secondary N) is 1. The van der Waals surface area contributed by atoms with Gasteiger partial charge in [0.1, 0.15) is 17.1 Å². The Hall–Kier alpha value is -1.52. The molecule has 4 heteroatoms. The lowest BCUT2D eigenvalue weighted by Gasteiger charge is -2.26. The average molecular weight is 263 g/mol. The van der Waals surface area contributed by atoms with Crippen LogP contribution in [-0.4, -0.2) is 24.4 Å². The lowest BCUT2D eigenvalue weighted by atomic mass is 10.0. The Morgan fingerprint density at radius 2 is 2.16 bits per heavy atom. The average Bonchev–Trinajstić information content (AvgIpc) is 2.86. The van der Waals surface area contributed by atoms with Crippen LogP contribution in [-0.2, 0) is 6.54 Å². The van der Waals surface area contributed by atoms with Gasteiger partial charge >= 0.3 is 0 Å². The van der Waals surface area contributed by atoms with Crippen molar-refractivity contribution in [3.8, 4) is 5.75 Å². The molecule has 0 saturated carbocycles. The number of hydrogen-bond donors (Lipinski definition) is 2. The van der Waals surface area contributed by atoms with E-state index in [1.165, 1.54) is 0 Å². The van der Waals surface area contributed by atoms with Gasteiger partial charge in [0.2, 0.25) is 0 Å². The van der Waals surface area contributed by atoms with E-state index in [2.05, 4.69) is 5.32 Å². The molecule has 2 rings (SSSR count). The molecule has 0 spiro atoms. The second-order valence-corrected chi connectivity index (χ2v) is 5.04. The third-order valence-electron chi connectivity index (χ3n) is 3.59. The van der Waals surface area contributed by atoms with Crippen LogP contribution in [0.5, 0.6) is 5.75 Å². The summed E-state index contributed by atoms with van der Waals surface area (Å²) in [5.41, 5.74) is 0.580. The molecule has 2 aromatic rings. The maximum Gasteiger partial charge on any atom is 0.134 e. The zero-order chi connectivity index (χ0) is 13.9. The van der Waals surface area contributed by atoms with Crippen molar-refractivity contribution in [2.45, 2.75) is 32.4 Å². The number of hydrogen-bond acceptors (Lipinski definition) is 4. The normalized spacial score (nSPS) is 14.5. The van der Waals surface area contributed by atoms with E-state index in [9.17, 15) is 5.11 Å². The van der Waals surface area contributed by atoms with Crippen molar-refractivity contribution in [2.75, 3.05) is 13.7 Å². The van der Waals surface area contributed by atoms with E-state index in [0.29, 0.717) is 6.54 Å². The fourth-order valence-electron chi connectivity index (χ4n) is 1.88. The molecule has 0 aliphatic carbocycles. The number of fused-ring (bicyclic) bond motifs is 1. The van der Waals surface area contributed by atoms with Gasteiger partial charge in [-0.25, -0.2) is 0 Å². The predicted octanol–water partition coefficient (Wildman–Crippen LogP) is 2.69. The highest BCUT2D eigenvalue weighted by Gasteiger charge is 2.20. The zero-order valence-corrected chi connectivity index (χ0v) is 11.7. The molecule has 0 aliphatic rings. The molecule has 0 amide bonds. The molecule has 1 aromatic carbocycles. The van der Waals surface area contributed by atoms with Gasteiger partial charge in [0, 0.05) is 10.9 Å². The fraction of sp³-hybridized carbons (Fsp3) is 0.467. The largest absolute Gasteiger partial charge is 0.497 e. The predicted molar refractivity (Wildman–Crippen MR) is 75.4 cm³/mol. The van der Waals surface area contributed by atoms with E-state index in [0.717, 1.165) is 28.9 Å². The first-order valence-electron chi connectivity index (χ1n) is 6.52. The fourth-order valence-corrected chi connectivity index (χ4v) is 1.88. The molecule has 0 aliphatic heterocycles. The van der Waals surface area contributed by atoms with Gasteiger partial charge in [0.25, 0.3) is 0 Å². The number of furan rings is 1. The lowest BCUT2D eigenvalue weighted by Crippen LogP contribution is -2.44. The van der Waals surface area contributed by atoms with Crippen LogP contribution in [0.1, 0.15) is 26.0 Å². The van der Waals surface area contributed by atoms with Crippen LogP contribution in [0.3, 0.4) is 0 Å². The van der Waals surface area contributed by atoms with Gasteiger partial charge < -0.3 is 19.6 Å². The van der Waals surface area contributed by atoms with Crippen molar-refractivity contribution in [1.29, 1.82) is 0 Å². The van der Waals surface area contributed by atoms with E-state index in [1.54, 1.807) is 7.11 Å². The molecular formula is C15H21NO3. The molecule has 0 radical (unpaired) electrons. The number of aliphatic hydroxyl groups excluding tert-OH is 1. The summed E-state index contributed by atoms with van der Waals surface area (Å²) in [6.07, 6.45) is 0.859. The van der Waals surface area contributed by atoms with Gasteiger partial charge in [0.15, 0.2) is 0 Å². The van der Waals surface area contributed by atoms with Crippen molar-refractivity contribution in [3.05, 3.63) is 30.0 Å². The van der Waals surface area contributed by atoms with Crippen LogP contribution < -0.4 is 10.1 Å². The Bertz CT molecular complexity index is 543. The van der Waals surface area contributed by atoms with Crippen molar-refractivity contribution in [2.24, 2.45) is 0 Å². The topological polar surface area (TPSA) is 54.6 Å². The number of benzene rings is 1. The minimum Gasteiger partial charge on any atom is -0.497 e. The SMILES string of the molecule is CCC(C)(CO)NCc1cc2cc(OC)ccc2o1. The van der Waals surface area contributed by atoms with E-state index in [1.807, 2.05) is 38.1 Å². The molecule has 104 valence electrons. The Labute approximate surface area is 113 Å². The third kappa shape index (κ3) is 3.08. The molecule has 1 heterocycles. The smallest absolute Gasteiger partial charge is 0.134 e. The van der Waals surface area contributed by atoms with Crippen molar-refractivity contribution >= 4 is 11.0 Å². The van der Waals surface area contributed by atoms with Crippen LogP contribution >= 0.6 is 0 Å². The minimum atomic E-state index is -0.267. The lowest BCUT2D eigenvalue weighted by molar-refractivity contribution is 0.166. The Morgan fingerprint density at radius 3 is 2.79 bits per heavy atom. The molecule has 1 unspecified atom stereocenters. The van der Waals surface area contributed by atoms with Gasteiger partial charge in [-0.1, -0.05) is 6.92 Å². The maximum absolute atomic E-state index is 9.36. The molecule has 1 aromatic heterocycles. The first-order chi connectivity index (χ1) is 9.10. The number of rotatable bonds is 6. The Kier molecular flexibility index (Phi) is 4.12. The van der Waals surface area contributed by atoms with Crippen LogP contribution in [0.15, 0.2) is 28.7 Å². The molecule has 19 heavy (non-hydrogen) atoms. The summed E-state index contributed by atoms with van der Waals surface area (Å²) >= 11 is 0. The molecule has 0 fully saturated rings. The summed E-state index contributed by atoms with van der Waals surface area (Å²) in [5, 5.41) is 13.7. The minimum absolute atomic E-state index is 0.109. The van der Waals surface area contributed by atoms with Gasteiger partial charge in [0.05, 0.1) is 20.3 Å². The molecule has 0 saturated heterocycles. The first kappa shape index (κ1) is 13.9. The van der Waals surface area contributed by atoms with Gasteiger partial charge in [-0.2, -0.15) is 0 Å². The van der Waals surface area contributed by atoms with Gasteiger partial charge in [-0.3, -0.25) is 0 Å². The Balaban J connectivity index is 2.13. The van der Waals surface area contributed by atoms with Crippen LogP contribution in [0.4, 0.5) is 0 Å². The molecule has 0 bridgehead atoms. The van der Waals surface area contributed by atoms with E-state index in [-0.39, 0.29) is 12.1 Å². The van der Waals surface area contributed by atoms with Crippen molar-refractivity contribution in [3.63, 3.8) is 0 Å². The van der Waals surface area contributed by atoms with Crippen molar-refractivity contribution < 1.29 is 14.3 Å².